The van der Waals surface area contributed by atoms with E-state index in [1.807, 2.05) is 32.0 Å². The molecule has 0 aliphatic rings. The average Bonchev–Trinajstić information content (AvgIpc) is 3.31. The van der Waals surface area contributed by atoms with E-state index in [1.54, 1.807) is 4.90 Å². The first kappa shape index (κ1) is 32.4. The Morgan fingerprint density at radius 2 is 1.82 bits per heavy atom. The molecule has 1 amide bonds. The van der Waals surface area contributed by atoms with Crippen LogP contribution in [0, 0.1) is 6.92 Å². The van der Waals surface area contributed by atoms with Crippen molar-refractivity contribution in [2.24, 2.45) is 0 Å². The molecular formula is C24H24Cl6N4O4. The molecule has 0 fully saturated rings. The SMILES string of the molecule is CCOCN(C(=O)CCl)c1c(C)cccc1CC.O=C(O)c1nc(C(Cl)(Cl)Cl)n(-c2ccc(Cl)cc2Cl)n1. The maximum Gasteiger partial charge on any atom is 0.375 e. The van der Waals surface area contributed by atoms with Gasteiger partial charge in [-0.2, -0.15) is 0 Å². The number of benzene rings is 2. The van der Waals surface area contributed by atoms with Crippen molar-refractivity contribution >= 4 is 87.2 Å². The summed E-state index contributed by atoms with van der Waals surface area (Å²) in [4.78, 5) is 28.2. The molecule has 0 atom stereocenters. The van der Waals surface area contributed by atoms with Crippen molar-refractivity contribution in [3.8, 4) is 5.69 Å². The molecule has 0 saturated heterocycles. The molecule has 3 rings (SSSR count). The molecule has 1 N–H and O–H groups in total. The largest absolute Gasteiger partial charge is 0.475 e. The van der Waals surface area contributed by atoms with Gasteiger partial charge in [-0.05, 0) is 49.6 Å². The van der Waals surface area contributed by atoms with E-state index in [9.17, 15) is 9.59 Å². The maximum atomic E-state index is 12.0. The number of carbonyl (C=O) groups excluding carboxylic acids is 1. The van der Waals surface area contributed by atoms with Crippen LogP contribution in [0.2, 0.25) is 10.0 Å². The van der Waals surface area contributed by atoms with E-state index in [0.717, 1.165) is 27.9 Å². The van der Waals surface area contributed by atoms with Crippen LogP contribution in [0.3, 0.4) is 0 Å². The second kappa shape index (κ2) is 14.6. The van der Waals surface area contributed by atoms with Gasteiger partial charge in [0.1, 0.15) is 12.6 Å². The summed E-state index contributed by atoms with van der Waals surface area (Å²) in [7, 11) is 0. The summed E-state index contributed by atoms with van der Waals surface area (Å²) < 4.78 is 4.46. The lowest BCUT2D eigenvalue weighted by Crippen LogP contribution is -2.35. The molecule has 1 aromatic heterocycles. The Balaban J connectivity index is 0.000000269. The number of aromatic carboxylic acids is 1. The zero-order chi connectivity index (χ0) is 28.6. The molecule has 0 spiro atoms. The van der Waals surface area contributed by atoms with Gasteiger partial charge in [0.15, 0.2) is 5.82 Å². The molecule has 8 nitrogen and oxygen atoms in total. The van der Waals surface area contributed by atoms with E-state index in [2.05, 4.69) is 17.0 Å². The number of hydrogen-bond donors (Lipinski definition) is 1. The third-order valence-electron chi connectivity index (χ3n) is 5.00. The third-order valence-corrected chi connectivity index (χ3v) is 6.28. The Morgan fingerprint density at radius 3 is 2.34 bits per heavy atom. The van der Waals surface area contributed by atoms with Gasteiger partial charge in [0, 0.05) is 11.6 Å². The van der Waals surface area contributed by atoms with Crippen molar-refractivity contribution in [3.05, 3.63) is 69.2 Å². The number of aromatic nitrogens is 3. The first-order chi connectivity index (χ1) is 17.8. The Morgan fingerprint density at radius 1 is 1.13 bits per heavy atom. The molecule has 0 bridgehead atoms. The topological polar surface area (TPSA) is 97.5 Å². The molecule has 38 heavy (non-hydrogen) atoms. The minimum absolute atomic E-state index is 0.0371. The Labute approximate surface area is 250 Å². The Kier molecular flexibility index (Phi) is 12.4. The molecule has 0 radical (unpaired) electrons. The minimum Gasteiger partial charge on any atom is -0.475 e. The van der Waals surface area contributed by atoms with Gasteiger partial charge in [-0.1, -0.05) is 83.1 Å². The van der Waals surface area contributed by atoms with Crippen LogP contribution in [0.1, 0.15) is 41.4 Å². The van der Waals surface area contributed by atoms with Crippen LogP contribution in [0.15, 0.2) is 36.4 Å². The highest BCUT2D eigenvalue weighted by Crippen LogP contribution is 2.39. The van der Waals surface area contributed by atoms with Crippen LogP contribution >= 0.6 is 69.6 Å². The normalized spacial score (nSPS) is 11.1. The summed E-state index contributed by atoms with van der Waals surface area (Å²) in [6.45, 7) is 6.79. The van der Waals surface area contributed by atoms with Crippen LogP contribution in [0.5, 0.6) is 0 Å². The smallest absolute Gasteiger partial charge is 0.375 e. The van der Waals surface area contributed by atoms with Crippen molar-refractivity contribution in [1.82, 2.24) is 14.8 Å². The van der Waals surface area contributed by atoms with Crippen molar-refractivity contribution in [2.75, 3.05) is 24.1 Å². The van der Waals surface area contributed by atoms with Crippen LogP contribution in [0.4, 0.5) is 5.69 Å². The molecule has 1 heterocycles. The zero-order valence-electron chi connectivity index (χ0n) is 20.5. The lowest BCUT2D eigenvalue weighted by Gasteiger charge is -2.25. The van der Waals surface area contributed by atoms with Gasteiger partial charge >= 0.3 is 5.97 Å². The molecule has 206 valence electrons. The standard InChI is InChI=1S/C14H20ClNO2.C10H4Cl5N3O2/c1-4-12-8-6-7-11(3)14(12)16(10-18-5-2)13(17)9-15;11-4-1-2-6(5(12)3-4)18-9(10(13,14)15)16-7(17-18)8(19)20/h6-8H,4-5,9-10H2,1-3H3;1-3H,(H,19,20). The number of aryl methyl sites for hydroxylation is 2. The number of amides is 1. The number of anilines is 1. The third kappa shape index (κ3) is 8.36. The fourth-order valence-corrected chi connectivity index (χ4v) is 4.31. The van der Waals surface area contributed by atoms with Crippen LogP contribution < -0.4 is 4.90 Å². The lowest BCUT2D eigenvalue weighted by molar-refractivity contribution is -0.117. The second-order valence-electron chi connectivity index (χ2n) is 7.58. The number of carboxylic acid groups (broad SMARTS) is 1. The van der Waals surface area contributed by atoms with Crippen LogP contribution in [-0.4, -0.2) is 51.0 Å². The summed E-state index contributed by atoms with van der Waals surface area (Å²) in [5.41, 5.74) is 3.41. The van der Waals surface area contributed by atoms with Gasteiger partial charge in [-0.25, -0.2) is 14.5 Å². The first-order valence-corrected chi connectivity index (χ1v) is 13.5. The van der Waals surface area contributed by atoms with Crippen molar-refractivity contribution in [2.45, 2.75) is 31.0 Å². The number of para-hydroxylation sites is 1. The zero-order valence-corrected chi connectivity index (χ0v) is 25.1. The summed E-state index contributed by atoms with van der Waals surface area (Å²) in [6, 6.07) is 10.5. The number of alkyl halides is 4. The van der Waals surface area contributed by atoms with Gasteiger partial charge in [0.05, 0.1) is 16.4 Å². The number of halogens is 6. The fourth-order valence-electron chi connectivity index (χ4n) is 3.31. The molecule has 0 aliphatic heterocycles. The highest BCUT2D eigenvalue weighted by Gasteiger charge is 2.33. The number of carboxylic acids is 1. The second-order valence-corrected chi connectivity index (χ2v) is 11.0. The summed E-state index contributed by atoms with van der Waals surface area (Å²) >= 11 is 34.8. The monoisotopic (exact) mass is 642 g/mol. The van der Waals surface area contributed by atoms with Gasteiger partial charge in [-0.15, -0.1) is 16.7 Å². The Hall–Kier alpha value is -1.78. The number of carbonyl (C=O) groups is 2. The average molecular weight is 645 g/mol. The summed E-state index contributed by atoms with van der Waals surface area (Å²) in [5, 5.41) is 13.3. The Bertz CT molecular complexity index is 1280. The minimum atomic E-state index is -1.97. The quantitative estimate of drug-likeness (QED) is 0.205. The van der Waals surface area contributed by atoms with E-state index in [0.29, 0.717) is 11.6 Å². The predicted octanol–water partition coefficient (Wildman–Crippen LogP) is 7.22. The predicted molar refractivity (Wildman–Crippen MR) is 153 cm³/mol. The van der Waals surface area contributed by atoms with Crippen molar-refractivity contribution in [1.29, 1.82) is 0 Å². The highest BCUT2D eigenvalue weighted by atomic mass is 35.6. The molecule has 0 unspecified atom stereocenters. The molecule has 14 heteroatoms. The van der Waals surface area contributed by atoms with Crippen molar-refractivity contribution < 1.29 is 19.4 Å². The molecule has 2 aromatic carbocycles. The fraction of sp³-hybridized carbons (Fsp3) is 0.333. The van der Waals surface area contributed by atoms with Gasteiger partial charge < -0.3 is 9.84 Å². The number of rotatable bonds is 8. The van der Waals surface area contributed by atoms with Gasteiger partial charge in [0.2, 0.25) is 9.70 Å². The number of ether oxygens (including phenoxy) is 1. The molecular weight excluding hydrogens is 621 g/mol. The molecule has 3 aromatic rings. The number of hydrogen-bond acceptors (Lipinski definition) is 5. The van der Waals surface area contributed by atoms with E-state index < -0.39 is 15.6 Å². The van der Waals surface area contributed by atoms with Crippen molar-refractivity contribution in [3.63, 3.8) is 0 Å². The lowest BCUT2D eigenvalue weighted by atomic mass is 10.0. The first-order valence-electron chi connectivity index (χ1n) is 11.1. The molecule has 0 aliphatic carbocycles. The number of nitrogens with zero attached hydrogens (tertiary/aromatic N) is 4. The van der Waals surface area contributed by atoms with Crippen LogP contribution in [-0.2, 0) is 19.7 Å². The van der Waals surface area contributed by atoms with E-state index >= 15 is 0 Å². The van der Waals surface area contributed by atoms with E-state index in [4.69, 9.17) is 79.4 Å². The summed E-state index contributed by atoms with van der Waals surface area (Å²) in [5.74, 6) is -2.23. The van der Waals surface area contributed by atoms with E-state index in [-0.39, 0.29) is 35.1 Å². The molecule has 0 saturated carbocycles. The van der Waals surface area contributed by atoms with Crippen LogP contribution in [0.25, 0.3) is 5.69 Å². The summed E-state index contributed by atoms with van der Waals surface area (Å²) in [6.07, 6.45) is 0.870. The highest BCUT2D eigenvalue weighted by molar-refractivity contribution is 6.66. The van der Waals surface area contributed by atoms with Gasteiger partial charge in [0.25, 0.3) is 5.82 Å². The maximum absolute atomic E-state index is 12.0. The van der Waals surface area contributed by atoms with E-state index in [1.165, 1.54) is 18.2 Å². The van der Waals surface area contributed by atoms with Gasteiger partial charge in [-0.3, -0.25) is 9.69 Å².